The zero-order valence-electron chi connectivity index (χ0n) is 18.4. The first-order valence-electron chi connectivity index (χ1n) is 11.1. The third kappa shape index (κ3) is 4.35. The van der Waals surface area contributed by atoms with Crippen LogP contribution in [0.5, 0.6) is 0 Å². The van der Waals surface area contributed by atoms with Crippen LogP contribution in [0.25, 0.3) is 11.0 Å². The summed E-state index contributed by atoms with van der Waals surface area (Å²) in [6.45, 7) is 5.41. The number of benzene rings is 2. The predicted molar refractivity (Wildman–Crippen MR) is 124 cm³/mol. The van der Waals surface area contributed by atoms with Gasteiger partial charge < -0.3 is 14.1 Å². The van der Waals surface area contributed by atoms with Crippen molar-refractivity contribution >= 4 is 26.7 Å². The Morgan fingerprint density at radius 1 is 1.12 bits per heavy atom. The van der Waals surface area contributed by atoms with Gasteiger partial charge in [0.05, 0.1) is 35.8 Å². The summed E-state index contributed by atoms with van der Waals surface area (Å²) < 4.78 is 40.1. The van der Waals surface area contributed by atoms with E-state index in [0.29, 0.717) is 30.9 Å². The molecule has 2 atom stereocenters. The number of ether oxygens (including phenoxy) is 1. The molecule has 3 heterocycles. The van der Waals surface area contributed by atoms with Gasteiger partial charge in [0.25, 0.3) is 0 Å². The molecule has 2 fully saturated rings. The van der Waals surface area contributed by atoms with Crippen molar-refractivity contribution in [2.24, 2.45) is 0 Å². The van der Waals surface area contributed by atoms with E-state index < -0.39 is 10.0 Å². The maximum atomic E-state index is 12.8. The van der Waals surface area contributed by atoms with Crippen LogP contribution in [0.1, 0.15) is 18.1 Å². The number of nitrogens with one attached hydrogen (secondary N) is 1. The fourth-order valence-electron chi connectivity index (χ4n) is 4.83. The van der Waals surface area contributed by atoms with E-state index in [1.807, 2.05) is 24.5 Å². The van der Waals surface area contributed by atoms with Gasteiger partial charge in [-0.2, -0.15) is 5.26 Å². The summed E-state index contributed by atoms with van der Waals surface area (Å²) in [5.41, 5.74) is 3.04. The minimum Gasteiger partial charge on any atom is -0.464 e. The normalized spacial score (nSPS) is 21.3. The van der Waals surface area contributed by atoms with Gasteiger partial charge in [0.15, 0.2) is 0 Å². The highest BCUT2D eigenvalue weighted by Crippen LogP contribution is 2.32. The van der Waals surface area contributed by atoms with Gasteiger partial charge in [-0.3, -0.25) is 4.90 Å². The summed E-state index contributed by atoms with van der Waals surface area (Å²) in [4.78, 5) is 4.62. The second kappa shape index (κ2) is 8.80. The van der Waals surface area contributed by atoms with Gasteiger partial charge in [0, 0.05) is 50.2 Å². The average molecular weight is 467 g/mol. The molecule has 3 aromatic rings. The lowest BCUT2D eigenvalue weighted by molar-refractivity contribution is -0.0964. The molecule has 8 nitrogen and oxygen atoms in total. The Kier molecular flexibility index (Phi) is 5.85. The van der Waals surface area contributed by atoms with Crippen molar-refractivity contribution in [1.82, 2.24) is 9.62 Å². The lowest BCUT2D eigenvalue weighted by atomic mass is 10.1. The number of hydrogen-bond donors (Lipinski definition) is 1. The molecule has 1 N–H and O–H groups in total. The molecule has 2 unspecified atom stereocenters. The van der Waals surface area contributed by atoms with E-state index in [2.05, 4.69) is 26.7 Å². The molecule has 172 valence electrons. The van der Waals surface area contributed by atoms with Gasteiger partial charge in [-0.05, 0) is 24.3 Å². The van der Waals surface area contributed by atoms with Crippen molar-refractivity contribution in [3.05, 3.63) is 59.9 Å². The van der Waals surface area contributed by atoms with E-state index in [4.69, 9.17) is 9.15 Å². The Bertz CT molecular complexity index is 1300. The number of anilines is 1. The van der Waals surface area contributed by atoms with Gasteiger partial charge >= 0.3 is 0 Å². The topological polar surface area (TPSA) is 98.8 Å². The predicted octanol–water partition coefficient (Wildman–Crippen LogP) is 2.69. The molecule has 2 bridgehead atoms. The highest BCUT2D eigenvalue weighted by molar-refractivity contribution is 7.89. The number of rotatable bonds is 6. The monoisotopic (exact) mass is 466 g/mol. The quantitative estimate of drug-likeness (QED) is 0.596. The first kappa shape index (κ1) is 21.9. The highest BCUT2D eigenvalue weighted by atomic mass is 32.2. The molecule has 0 spiro atoms. The fourth-order valence-corrected chi connectivity index (χ4v) is 6.07. The van der Waals surface area contributed by atoms with Crippen LogP contribution in [0.15, 0.2) is 58.0 Å². The second-order valence-electron chi connectivity index (χ2n) is 8.53. The molecular weight excluding hydrogens is 440 g/mol. The van der Waals surface area contributed by atoms with Crippen molar-refractivity contribution in [2.45, 2.75) is 30.6 Å². The highest BCUT2D eigenvalue weighted by Gasteiger charge is 2.37. The van der Waals surface area contributed by atoms with Crippen LogP contribution in [0.4, 0.5) is 5.69 Å². The average Bonchev–Trinajstić information content (AvgIpc) is 3.21. The van der Waals surface area contributed by atoms with Gasteiger partial charge in [0.2, 0.25) is 10.0 Å². The minimum atomic E-state index is -3.67. The lowest BCUT2D eigenvalue weighted by Crippen LogP contribution is -2.59. The van der Waals surface area contributed by atoms with E-state index in [1.165, 1.54) is 6.07 Å². The Morgan fingerprint density at radius 2 is 1.88 bits per heavy atom. The minimum absolute atomic E-state index is 0.0592. The first-order chi connectivity index (χ1) is 16.0. The van der Waals surface area contributed by atoms with Crippen LogP contribution in [-0.4, -0.2) is 58.2 Å². The van der Waals surface area contributed by atoms with Crippen LogP contribution in [0.3, 0.4) is 0 Å². The van der Waals surface area contributed by atoms with Crippen LogP contribution in [0, 0.1) is 11.3 Å². The summed E-state index contributed by atoms with van der Waals surface area (Å²) in [6.07, 6.45) is 1.71. The molecule has 0 aliphatic carbocycles. The van der Waals surface area contributed by atoms with Gasteiger partial charge in [-0.1, -0.05) is 25.1 Å². The van der Waals surface area contributed by atoms with Crippen LogP contribution in [0.2, 0.25) is 0 Å². The van der Waals surface area contributed by atoms with Crippen molar-refractivity contribution in [3.8, 4) is 6.07 Å². The molecule has 0 amide bonds. The first-order valence-corrected chi connectivity index (χ1v) is 12.6. The number of para-hydroxylation sites is 1. The third-order valence-corrected chi connectivity index (χ3v) is 7.76. The molecule has 2 saturated heterocycles. The lowest BCUT2D eigenvalue weighted by Gasteiger charge is -2.46. The number of furan rings is 1. The van der Waals surface area contributed by atoms with Crippen molar-refractivity contribution in [2.75, 3.05) is 37.6 Å². The molecule has 9 heteroatoms. The number of nitrogens with zero attached hydrogens (tertiary/aromatic N) is 3. The molecule has 2 aliphatic rings. The molecule has 1 aromatic heterocycles. The van der Waals surface area contributed by atoms with Crippen LogP contribution in [-0.2, 0) is 21.3 Å². The summed E-state index contributed by atoms with van der Waals surface area (Å²) in [5, 5.41) is 10.5. The standard InChI is InChI=1S/C24H26N4O4S/c1-2-26-33(29,30)24-8-7-17(10-25)9-22(24)28-14-19-12-27(13-20(15-28)32-19)11-18-16-31-23-6-4-3-5-21(18)23/h3-9,16,19-20,26H,2,11-15H2,1H3. The number of fused-ring (bicyclic) bond motifs is 3. The molecular formula is C24H26N4O4S. The SMILES string of the molecule is CCNS(=O)(=O)c1ccc(C#N)cc1N1CC2CN(Cc3coc4ccccc34)CC(C1)O2. The van der Waals surface area contributed by atoms with E-state index in [9.17, 15) is 13.7 Å². The van der Waals surface area contributed by atoms with Crippen molar-refractivity contribution in [1.29, 1.82) is 5.26 Å². The molecule has 0 radical (unpaired) electrons. The van der Waals surface area contributed by atoms with E-state index in [0.717, 1.165) is 36.2 Å². The number of morpholine rings is 2. The van der Waals surface area contributed by atoms with E-state index in [-0.39, 0.29) is 17.1 Å². The van der Waals surface area contributed by atoms with Crippen LogP contribution >= 0.6 is 0 Å². The Morgan fingerprint density at radius 3 is 2.61 bits per heavy atom. The van der Waals surface area contributed by atoms with E-state index in [1.54, 1.807) is 19.1 Å². The zero-order chi connectivity index (χ0) is 23.0. The molecule has 33 heavy (non-hydrogen) atoms. The number of nitriles is 1. The Hall–Kier alpha value is -2.90. The second-order valence-corrected chi connectivity index (χ2v) is 10.3. The molecule has 2 aliphatic heterocycles. The summed E-state index contributed by atoms with van der Waals surface area (Å²) in [5.74, 6) is 0. The molecule has 5 rings (SSSR count). The summed E-state index contributed by atoms with van der Waals surface area (Å²) in [6, 6.07) is 14.9. The number of sulfonamides is 1. The Labute approximate surface area is 193 Å². The number of hydrogen-bond acceptors (Lipinski definition) is 7. The maximum Gasteiger partial charge on any atom is 0.242 e. The van der Waals surface area contributed by atoms with Gasteiger partial charge in [0.1, 0.15) is 10.5 Å². The van der Waals surface area contributed by atoms with Crippen LogP contribution < -0.4 is 9.62 Å². The largest absolute Gasteiger partial charge is 0.464 e. The Balaban J connectivity index is 1.36. The van der Waals surface area contributed by atoms with Crippen molar-refractivity contribution in [3.63, 3.8) is 0 Å². The maximum absolute atomic E-state index is 12.8. The smallest absolute Gasteiger partial charge is 0.242 e. The fraction of sp³-hybridized carbons (Fsp3) is 0.375. The summed E-state index contributed by atoms with van der Waals surface area (Å²) >= 11 is 0. The third-order valence-electron chi connectivity index (χ3n) is 6.16. The molecule has 0 saturated carbocycles. The van der Waals surface area contributed by atoms with Crippen molar-refractivity contribution < 1.29 is 17.6 Å². The summed E-state index contributed by atoms with van der Waals surface area (Å²) in [7, 11) is -3.67. The zero-order valence-corrected chi connectivity index (χ0v) is 19.2. The van der Waals surface area contributed by atoms with E-state index >= 15 is 0 Å². The van der Waals surface area contributed by atoms with Gasteiger partial charge in [-0.15, -0.1) is 0 Å². The molecule has 2 aromatic carbocycles. The van der Waals surface area contributed by atoms with Gasteiger partial charge in [-0.25, -0.2) is 13.1 Å².